The van der Waals surface area contributed by atoms with E-state index in [0.717, 1.165) is 0 Å². The highest BCUT2D eigenvalue weighted by atomic mass is 32.2. The minimum Gasteiger partial charge on any atom is -0.478 e. The van der Waals surface area contributed by atoms with E-state index in [1.165, 1.54) is 6.20 Å². The molecule has 112 valence electrons. The molecule has 3 rings (SSSR count). The van der Waals surface area contributed by atoms with Crippen LogP contribution in [0.15, 0.2) is 12.4 Å². The molecule has 0 bridgehead atoms. The first-order chi connectivity index (χ1) is 9.89. The maximum absolute atomic E-state index is 11.5. The minimum absolute atomic E-state index is 0.0239. The maximum Gasteiger partial charge on any atom is 0.339 e. The quantitative estimate of drug-likeness (QED) is 0.825. The van der Waals surface area contributed by atoms with E-state index < -0.39 is 15.8 Å². The van der Waals surface area contributed by atoms with Gasteiger partial charge in [0.2, 0.25) is 0 Å². The van der Waals surface area contributed by atoms with Crippen molar-refractivity contribution in [3.8, 4) is 0 Å². The van der Waals surface area contributed by atoms with Crippen LogP contribution in [0.2, 0.25) is 0 Å². The van der Waals surface area contributed by atoms with Crippen molar-refractivity contribution in [3.05, 3.63) is 18.0 Å². The summed E-state index contributed by atoms with van der Waals surface area (Å²) in [6.45, 7) is 0.549. The van der Waals surface area contributed by atoms with Crippen LogP contribution in [0.4, 0.5) is 5.69 Å². The Morgan fingerprint density at radius 2 is 1.95 bits per heavy atom. The summed E-state index contributed by atoms with van der Waals surface area (Å²) in [6, 6.07) is 0. The molecule has 1 fully saturated rings. The highest BCUT2D eigenvalue weighted by Crippen LogP contribution is 2.30. The summed E-state index contributed by atoms with van der Waals surface area (Å²) < 4.78 is 24.6. The number of carboxylic acid groups (broad SMARTS) is 1. The summed E-state index contributed by atoms with van der Waals surface area (Å²) >= 11 is 0. The lowest BCUT2D eigenvalue weighted by Crippen LogP contribution is -2.41. The first kappa shape index (κ1) is 13.8. The minimum atomic E-state index is -3.03. The molecule has 1 aliphatic rings. The fourth-order valence-electron chi connectivity index (χ4n) is 2.52. The Morgan fingerprint density at radius 3 is 2.57 bits per heavy atom. The van der Waals surface area contributed by atoms with Gasteiger partial charge in [-0.05, 0) is 0 Å². The molecule has 1 aliphatic heterocycles. The number of carboxylic acids is 1. The number of fused-ring (bicyclic) bond motifs is 1. The molecule has 2 aromatic heterocycles. The second-order valence-electron chi connectivity index (χ2n) is 4.97. The van der Waals surface area contributed by atoms with E-state index in [2.05, 4.69) is 10.1 Å². The van der Waals surface area contributed by atoms with Crippen molar-refractivity contribution in [2.45, 2.75) is 0 Å². The van der Waals surface area contributed by atoms with Crippen LogP contribution in [0, 0.1) is 0 Å². The van der Waals surface area contributed by atoms with Crippen molar-refractivity contribution in [2.75, 3.05) is 29.5 Å². The molecule has 0 saturated carbocycles. The summed E-state index contributed by atoms with van der Waals surface area (Å²) in [7, 11) is -1.31. The van der Waals surface area contributed by atoms with Crippen LogP contribution in [-0.2, 0) is 16.9 Å². The average molecular weight is 310 g/mol. The molecular formula is C12H14N4O4S. The monoisotopic (exact) mass is 310 g/mol. The standard InChI is InChI=1S/C12H14N4O4S/c1-15-11-8(7-14-15)10(9(6-13-11)12(17)18)16-2-4-21(19,20)5-3-16/h6-7H,2-5H2,1H3,(H,17,18). The molecule has 1 saturated heterocycles. The zero-order chi connectivity index (χ0) is 15.2. The van der Waals surface area contributed by atoms with Crippen molar-refractivity contribution in [1.29, 1.82) is 0 Å². The summed E-state index contributed by atoms with van der Waals surface area (Å²) in [5.74, 6) is -1.04. The molecule has 9 heteroatoms. The van der Waals surface area contributed by atoms with Crippen LogP contribution < -0.4 is 4.90 Å². The summed E-state index contributed by atoms with van der Waals surface area (Å²) in [5.41, 5.74) is 1.13. The summed E-state index contributed by atoms with van der Waals surface area (Å²) in [6.07, 6.45) is 2.86. The predicted molar refractivity (Wildman–Crippen MR) is 76.3 cm³/mol. The first-order valence-electron chi connectivity index (χ1n) is 6.38. The Kier molecular flexibility index (Phi) is 3.08. The number of carbonyl (C=O) groups is 1. The molecule has 0 aliphatic carbocycles. The van der Waals surface area contributed by atoms with Gasteiger partial charge in [0.05, 0.1) is 28.8 Å². The van der Waals surface area contributed by atoms with Gasteiger partial charge in [-0.1, -0.05) is 0 Å². The largest absolute Gasteiger partial charge is 0.478 e. The van der Waals surface area contributed by atoms with E-state index in [9.17, 15) is 18.3 Å². The third-order valence-electron chi connectivity index (χ3n) is 3.62. The molecule has 0 aromatic carbocycles. The fraction of sp³-hybridized carbons (Fsp3) is 0.417. The van der Waals surface area contributed by atoms with Crippen LogP contribution in [0.5, 0.6) is 0 Å². The zero-order valence-electron chi connectivity index (χ0n) is 11.4. The maximum atomic E-state index is 11.5. The lowest BCUT2D eigenvalue weighted by molar-refractivity contribution is 0.0697. The van der Waals surface area contributed by atoms with E-state index in [1.54, 1.807) is 22.8 Å². The molecule has 0 unspecified atom stereocenters. The number of sulfone groups is 1. The number of aryl methyl sites for hydroxylation is 1. The average Bonchev–Trinajstić information content (AvgIpc) is 2.80. The fourth-order valence-corrected chi connectivity index (χ4v) is 3.72. The van der Waals surface area contributed by atoms with E-state index in [1.807, 2.05) is 0 Å². The number of nitrogens with zero attached hydrogens (tertiary/aromatic N) is 4. The van der Waals surface area contributed by atoms with Crippen LogP contribution in [0.3, 0.4) is 0 Å². The Bertz CT molecular complexity index is 813. The lowest BCUT2D eigenvalue weighted by Gasteiger charge is -2.30. The zero-order valence-corrected chi connectivity index (χ0v) is 12.2. The molecule has 3 heterocycles. The van der Waals surface area contributed by atoms with Gasteiger partial charge in [0.1, 0.15) is 5.56 Å². The number of aromatic carboxylic acids is 1. The van der Waals surface area contributed by atoms with Gasteiger partial charge in [-0.15, -0.1) is 0 Å². The molecule has 0 amide bonds. The lowest BCUT2D eigenvalue weighted by atomic mass is 10.1. The number of pyridine rings is 1. The molecular weight excluding hydrogens is 296 g/mol. The van der Waals surface area contributed by atoms with Crippen LogP contribution in [-0.4, -0.2) is 58.9 Å². The smallest absolute Gasteiger partial charge is 0.339 e. The number of anilines is 1. The van der Waals surface area contributed by atoms with Crippen molar-refractivity contribution in [1.82, 2.24) is 14.8 Å². The Morgan fingerprint density at radius 1 is 1.29 bits per heavy atom. The topological polar surface area (TPSA) is 105 Å². The van der Waals surface area contributed by atoms with E-state index in [0.29, 0.717) is 16.7 Å². The van der Waals surface area contributed by atoms with Gasteiger partial charge >= 0.3 is 5.97 Å². The molecule has 8 nitrogen and oxygen atoms in total. The van der Waals surface area contributed by atoms with Gasteiger partial charge in [-0.25, -0.2) is 18.2 Å². The van der Waals surface area contributed by atoms with E-state index >= 15 is 0 Å². The van der Waals surface area contributed by atoms with Crippen LogP contribution in [0.1, 0.15) is 10.4 Å². The Labute approximate surface area is 120 Å². The molecule has 2 aromatic rings. The van der Waals surface area contributed by atoms with Crippen molar-refractivity contribution in [2.24, 2.45) is 7.05 Å². The van der Waals surface area contributed by atoms with Gasteiger partial charge in [0.25, 0.3) is 0 Å². The van der Waals surface area contributed by atoms with Crippen molar-refractivity contribution in [3.63, 3.8) is 0 Å². The van der Waals surface area contributed by atoms with Gasteiger partial charge in [0, 0.05) is 26.3 Å². The first-order valence-corrected chi connectivity index (χ1v) is 8.20. The SMILES string of the molecule is Cn1ncc2c(N3CCS(=O)(=O)CC3)c(C(=O)O)cnc21. The number of hydrogen-bond acceptors (Lipinski definition) is 6. The highest BCUT2D eigenvalue weighted by Gasteiger charge is 2.27. The van der Waals surface area contributed by atoms with Gasteiger partial charge in [0.15, 0.2) is 15.5 Å². The molecule has 0 radical (unpaired) electrons. The van der Waals surface area contributed by atoms with Crippen LogP contribution in [0.25, 0.3) is 11.0 Å². The molecule has 1 N–H and O–H groups in total. The third-order valence-corrected chi connectivity index (χ3v) is 5.23. The van der Waals surface area contributed by atoms with Crippen molar-refractivity contribution >= 4 is 32.5 Å². The van der Waals surface area contributed by atoms with Crippen molar-refractivity contribution < 1.29 is 18.3 Å². The molecule has 0 spiro atoms. The van der Waals surface area contributed by atoms with E-state index in [-0.39, 0.29) is 30.2 Å². The third kappa shape index (κ3) is 2.33. The molecule has 21 heavy (non-hydrogen) atoms. The normalized spacial score (nSPS) is 18.0. The second kappa shape index (κ2) is 4.69. The second-order valence-corrected chi connectivity index (χ2v) is 7.27. The summed E-state index contributed by atoms with van der Waals surface area (Å²) in [5, 5.41) is 14.1. The Balaban J connectivity index is 2.15. The van der Waals surface area contributed by atoms with Gasteiger partial charge in [-0.3, -0.25) is 4.68 Å². The number of rotatable bonds is 2. The number of aromatic nitrogens is 3. The predicted octanol–water partition coefficient (Wildman–Crippen LogP) is -0.0987. The molecule has 0 atom stereocenters. The number of hydrogen-bond donors (Lipinski definition) is 1. The van der Waals surface area contributed by atoms with Crippen LogP contribution >= 0.6 is 0 Å². The van der Waals surface area contributed by atoms with Gasteiger partial charge < -0.3 is 10.0 Å². The van der Waals surface area contributed by atoms with Gasteiger partial charge in [-0.2, -0.15) is 5.10 Å². The summed E-state index contributed by atoms with van der Waals surface area (Å²) in [4.78, 5) is 17.3. The Hall–Kier alpha value is -2.16. The highest BCUT2D eigenvalue weighted by molar-refractivity contribution is 7.91. The van der Waals surface area contributed by atoms with E-state index in [4.69, 9.17) is 0 Å².